The normalized spacial score (nSPS) is 25.4. The van der Waals surface area contributed by atoms with Gasteiger partial charge >= 0.3 is 0 Å². The molecule has 0 radical (unpaired) electrons. The molecule has 1 unspecified atom stereocenters. The molecule has 0 amide bonds. The van der Waals surface area contributed by atoms with Crippen molar-refractivity contribution in [2.75, 3.05) is 13.1 Å². The fraction of sp³-hybridized carbons (Fsp3) is 0.429. The van der Waals surface area contributed by atoms with E-state index < -0.39 is 0 Å². The Labute approximate surface area is 148 Å². The fourth-order valence-electron chi connectivity index (χ4n) is 4.69. The lowest BCUT2D eigenvalue weighted by atomic mass is 10.1. The molecular weight excluding hydrogens is 308 g/mol. The maximum atomic E-state index is 4.72. The number of nitrogens with zero attached hydrogens (tertiary/aromatic N) is 4. The van der Waals surface area contributed by atoms with E-state index in [0.717, 1.165) is 41.3 Å². The molecule has 1 aliphatic heterocycles. The zero-order valence-corrected chi connectivity index (χ0v) is 14.7. The van der Waals surface area contributed by atoms with Gasteiger partial charge in [0.15, 0.2) is 5.65 Å². The van der Waals surface area contributed by atoms with Crippen molar-refractivity contribution in [3.63, 3.8) is 0 Å². The number of imidazole rings is 1. The summed E-state index contributed by atoms with van der Waals surface area (Å²) in [6, 6.07) is 15.0. The summed E-state index contributed by atoms with van der Waals surface area (Å²) in [7, 11) is 2.10. The van der Waals surface area contributed by atoms with Crippen molar-refractivity contribution in [3.8, 4) is 0 Å². The number of pyridine rings is 1. The lowest BCUT2D eigenvalue weighted by Crippen LogP contribution is -2.25. The Morgan fingerprint density at radius 2 is 1.84 bits per heavy atom. The molecule has 128 valence electrons. The Morgan fingerprint density at radius 1 is 1.04 bits per heavy atom. The highest BCUT2D eigenvalue weighted by Crippen LogP contribution is 2.54. The predicted octanol–water partition coefficient (Wildman–Crippen LogP) is 3.28. The van der Waals surface area contributed by atoms with E-state index in [2.05, 4.69) is 57.9 Å². The van der Waals surface area contributed by atoms with E-state index >= 15 is 0 Å². The minimum atomic E-state index is 0.866. The van der Waals surface area contributed by atoms with Gasteiger partial charge in [0.25, 0.3) is 0 Å². The highest BCUT2D eigenvalue weighted by atomic mass is 15.2. The number of benzene rings is 1. The van der Waals surface area contributed by atoms with Crippen molar-refractivity contribution in [1.29, 1.82) is 0 Å². The van der Waals surface area contributed by atoms with Crippen LogP contribution in [-0.2, 0) is 20.0 Å². The summed E-state index contributed by atoms with van der Waals surface area (Å²) in [5.41, 5.74) is 3.48. The smallest absolute Gasteiger partial charge is 0.177 e. The second-order valence-corrected chi connectivity index (χ2v) is 7.64. The van der Waals surface area contributed by atoms with E-state index in [1.54, 1.807) is 0 Å². The first kappa shape index (κ1) is 15.1. The van der Waals surface area contributed by atoms with Crippen LogP contribution >= 0.6 is 0 Å². The largest absolute Gasteiger partial charge is 0.329 e. The van der Waals surface area contributed by atoms with Crippen molar-refractivity contribution in [3.05, 3.63) is 60.0 Å². The van der Waals surface area contributed by atoms with E-state index in [9.17, 15) is 0 Å². The van der Waals surface area contributed by atoms with E-state index in [4.69, 9.17) is 4.98 Å². The SMILES string of the molecule is Cn1c(CN2C[C@@H]3C(CCc4ccccc4)[C@@H]3C2)nc2ncccc21. The van der Waals surface area contributed by atoms with Gasteiger partial charge < -0.3 is 4.57 Å². The Balaban J connectivity index is 1.18. The molecular formula is C21H24N4. The van der Waals surface area contributed by atoms with Crippen molar-refractivity contribution in [2.24, 2.45) is 24.8 Å². The third-order valence-electron chi connectivity index (χ3n) is 6.17. The molecule has 3 heterocycles. The number of likely N-dealkylation sites (tertiary alicyclic amines) is 1. The zero-order valence-electron chi connectivity index (χ0n) is 14.7. The number of aryl methyl sites for hydroxylation is 2. The monoisotopic (exact) mass is 332 g/mol. The summed E-state index contributed by atoms with van der Waals surface area (Å²) >= 11 is 0. The van der Waals surface area contributed by atoms with E-state index in [1.807, 2.05) is 12.3 Å². The molecule has 0 bridgehead atoms. The molecule has 1 aliphatic carbocycles. The van der Waals surface area contributed by atoms with Crippen molar-refractivity contribution in [1.82, 2.24) is 19.4 Å². The summed E-state index contributed by atoms with van der Waals surface area (Å²) < 4.78 is 2.19. The van der Waals surface area contributed by atoms with Gasteiger partial charge in [-0.1, -0.05) is 30.3 Å². The Hall–Kier alpha value is -2.20. The first-order valence-corrected chi connectivity index (χ1v) is 9.32. The molecule has 25 heavy (non-hydrogen) atoms. The number of aromatic nitrogens is 3. The van der Waals surface area contributed by atoms with E-state index in [-0.39, 0.29) is 0 Å². The summed E-state index contributed by atoms with van der Waals surface area (Å²) in [5.74, 6) is 3.91. The molecule has 4 nitrogen and oxygen atoms in total. The van der Waals surface area contributed by atoms with Crippen molar-refractivity contribution in [2.45, 2.75) is 19.4 Å². The van der Waals surface area contributed by atoms with E-state index in [0.29, 0.717) is 0 Å². The van der Waals surface area contributed by atoms with Crippen LogP contribution in [0.4, 0.5) is 0 Å². The minimum Gasteiger partial charge on any atom is -0.329 e. The first-order chi connectivity index (χ1) is 12.3. The summed E-state index contributed by atoms with van der Waals surface area (Å²) in [4.78, 5) is 11.7. The van der Waals surface area contributed by atoms with Crippen LogP contribution in [0.5, 0.6) is 0 Å². The highest BCUT2D eigenvalue weighted by Gasteiger charge is 2.54. The van der Waals surface area contributed by atoms with Gasteiger partial charge in [-0.3, -0.25) is 4.90 Å². The molecule has 3 atom stereocenters. The van der Waals surface area contributed by atoms with Gasteiger partial charge in [-0.15, -0.1) is 0 Å². The molecule has 4 heteroatoms. The lowest BCUT2D eigenvalue weighted by molar-refractivity contribution is 0.266. The Morgan fingerprint density at radius 3 is 2.60 bits per heavy atom. The van der Waals surface area contributed by atoms with Crippen LogP contribution in [0.15, 0.2) is 48.7 Å². The first-order valence-electron chi connectivity index (χ1n) is 9.32. The number of fused-ring (bicyclic) bond motifs is 2. The Kier molecular flexibility index (Phi) is 3.59. The molecule has 5 rings (SSSR count). The molecule has 2 aliphatic rings. The van der Waals surface area contributed by atoms with Crippen molar-refractivity contribution >= 4 is 11.2 Å². The predicted molar refractivity (Wildman–Crippen MR) is 99.0 cm³/mol. The van der Waals surface area contributed by atoms with Crippen LogP contribution in [0.25, 0.3) is 11.2 Å². The number of rotatable bonds is 5. The topological polar surface area (TPSA) is 34.0 Å². The number of piperidine rings is 1. The molecule has 0 spiro atoms. The van der Waals surface area contributed by atoms with Crippen LogP contribution in [0.1, 0.15) is 17.8 Å². The van der Waals surface area contributed by atoms with Gasteiger partial charge in [-0.2, -0.15) is 0 Å². The van der Waals surface area contributed by atoms with Gasteiger partial charge in [0.1, 0.15) is 5.82 Å². The molecule has 2 fully saturated rings. The van der Waals surface area contributed by atoms with Gasteiger partial charge in [0, 0.05) is 26.3 Å². The van der Waals surface area contributed by atoms with Crippen LogP contribution in [0.3, 0.4) is 0 Å². The molecule has 1 saturated heterocycles. The average molecular weight is 332 g/mol. The Bertz CT molecular complexity index is 873. The van der Waals surface area contributed by atoms with Gasteiger partial charge in [0.05, 0.1) is 12.1 Å². The fourth-order valence-corrected chi connectivity index (χ4v) is 4.69. The summed E-state index contributed by atoms with van der Waals surface area (Å²) in [6.45, 7) is 3.42. The minimum absolute atomic E-state index is 0.866. The third-order valence-corrected chi connectivity index (χ3v) is 6.17. The second kappa shape index (κ2) is 5.95. The summed E-state index contributed by atoms with van der Waals surface area (Å²) in [6.07, 6.45) is 4.40. The number of hydrogen-bond acceptors (Lipinski definition) is 3. The van der Waals surface area contributed by atoms with Crippen LogP contribution in [0, 0.1) is 17.8 Å². The molecule has 0 N–H and O–H groups in total. The standard InChI is InChI=1S/C21H24N4/c1-24-19-8-5-11-22-21(19)23-20(24)14-25-12-17-16(18(17)13-25)10-9-15-6-3-2-4-7-15/h2-8,11,16-18H,9-10,12-14H2,1H3/t16?,17-,18+. The maximum Gasteiger partial charge on any atom is 0.177 e. The number of hydrogen-bond donors (Lipinski definition) is 0. The van der Waals surface area contributed by atoms with Crippen molar-refractivity contribution < 1.29 is 0 Å². The summed E-state index contributed by atoms with van der Waals surface area (Å²) in [5, 5.41) is 0. The lowest BCUT2D eigenvalue weighted by Gasteiger charge is -2.19. The third kappa shape index (κ3) is 2.74. The molecule has 1 saturated carbocycles. The second-order valence-electron chi connectivity index (χ2n) is 7.64. The molecule has 1 aromatic carbocycles. The average Bonchev–Trinajstić information content (AvgIpc) is 2.97. The molecule has 2 aromatic heterocycles. The van der Waals surface area contributed by atoms with E-state index in [1.165, 1.54) is 31.5 Å². The quantitative estimate of drug-likeness (QED) is 0.719. The van der Waals surface area contributed by atoms with Crippen LogP contribution in [0.2, 0.25) is 0 Å². The van der Waals surface area contributed by atoms with Crippen LogP contribution < -0.4 is 0 Å². The molecule has 3 aromatic rings. The van der Waals surface area contributed by atoms with Crippen LogP contribution in [-0.4, -0.2) is 32.5 Å². The van der Waals surface area contributed by atoms with Gasteiger partial charge in [-0.05, 0) is 48.3 Å². The highest BCUT2D eigenvalue weighted by molar-refractivity contribution is 5.71. The van der Waals surface area contributed by atoms with Gasteiger partial charge in [0.2, 0.25) is 0 Å². The maximum absolute atomic E-state index is 4.72. The van der Waals surface area contributed by atoms with Gasteiger partial charge in [-0.25, -0.2) is 9.97 Å². The zero-order chi connectivity index (χ0) is 16.8.